The Kier molecular flexibility index (Phi) is 4.93. The minimum absolute atomic E-state index is 0.150. The lowest BCUT2D eigenvalue weighted by Gasteiger charge is -2.08. The molecule has 2 aromatic carbocycles. The van der Waals surface area contributed by atoms with Crippen LogP contribution in [0.15, 0.2) is 54.6 Å². The molecule has 1 amide bonds. The molecule has 146 valence electrons. The second-order valence-corrected chi connectivity index (χ2v) is 6.02. The summed E-state index contributed by atoms with van der Waals surface area (Å²) in [6, 6.07) is 15.0. The highest BCUT2D eigenvalue weighted by molar-refractivity contribution is 6.03. The van der Waals surface area contributed by atoms with E-state index in [2.05, 4.69) is 20.8 Å². The number of carbonyl (C=O) groups is 2. The summed E-state index contributed by atoms with van der Waals surface area (Å²) in [4.78, 5) is 24.0. The van der Waals surface area contributed by atoms with Gasteiger partial charge in [0.05, 0.1) is 12.7 Å². The third-order valence-corrected chi connectivity index (χ3v) is 4.08. The number of rotatable bonds is 5. The van der Waals surface area contributed by atoms with Crippen LogP contribution in [0.25, 0.3) is 0 Å². The average Bonchev–Trinajstić information content (AvgIpc) is 3.22. The summed E-state index contributed by atoms with van der Waals surface area (Å²) in [5, 5.41) is 13.7. The molecule has 0 spiro atoms. The number of carbonyl (C=O) groups excluding carboxylic acids is 2. The van der Waals surface area contributed by atoms with E-state index in [1.807, 2.05) is 0 Å². The lowest BCUT2D eigenvalue weighted by molar-refractivity contribution is 0.0600. The number of nitrogens with one attached hydrogen (secondary N) is 2. The fraction of sp³-hybridized carbons (Fsp3) is 0.100. The summed E-state index contributed by atoms with van der Waals surface area (Å²) in [6.45, 7) is 0.162. The Balaban J connectivity index is 1.42. The molecule has 4 rings (SSSR count). The van der Waals surface area contributed by atoms with Crippen molar-refractivity contribution >= 4 is 29.1 Å². The van der Waals surface area contributed by atoms with E-state index < -0.39 is 11.9 Å². The van der Waals surface area contributed by atoms with E-state index in [0.29, 0.717) is 34.3 Å². The van der Waals surface area contributed by atoms with Gasteiger partial charge in [-0.3, -0.25) is 4.79 Å². The summed E-state index contributed by atoms with van der Waals surface area (Å²) in [6.07, 6.45) is 0. The van der Waals surface area contributed by atoms with Gasteiger partial charge in [-0.2, -0.15) is 0 Å². The first-order chi connectivity index (χ1) is 14.1. The van der Waals surface area contributed by atoms with Crippen LogP contribution in [0.4, 0.5) is 17.2 Å². The molecule has 0 saturated carbocycles. The molecule has 0 bridgehead atoms. The summed E-state index contributed by atoms with van der Waals surface area (Å²) in [7, 11) is 1.32. The molecule has 0 saturated heterocycles. The predicted molar refractivity (Wildman–Crippen MR) is 104 cm³/mol. The lowest BCUT2D eigenvalue weighted by Crippen LogP contribution is -2.14. The fourth-order valence-corrected chi connectivity index (χ4v) is 2.68. The molecule has 0 atom stereocenters. The summed E-state index contributed by atoms with van der Waals surface area (Å²) < 4.78 is 15.2. The van der Waals surface area contributed by atoms with Crippen molar-refractivity contribution in [3.63, 3.8) is 0 Å². The highest BCUT2D eigenvalue weighted by atomic mass is 16.7. The van der Waals surface area contributed by atoms with Gasteiger partial charge in [0.2, 0.25) is 6.79 Å². The zero-order valence-corrected chi connectivity index (χ0v) is 15.3. The van der Waals surface area contributed by atoms with E-state index in [-0.39, 0.29) is 12.5 Å². The smallest absolute Gasteiger partial charge is 0.337 e. The molecule has 2 heterocycles. The Labute approximate surface area is 165 Å². The van der Waals surface area contributed by atoms with Gasteiger partial charge in [0.1, 0.15) is 0 Å². The van der Waals surface area contributed by atoms with E-state index in [1.165, 1.54) is 7.11 Å². The van der Waals surface area contributed by atoms with Gasteiger partial charge in [-0.15, -0.1) is 10.2 Å². The maximum atomic E-state index is 12.4. The molecular weight excluding hydrogens is 376 g/mol. The monoisotopic (exact) mass is 392 g/mol. The quantitative estimate of drug-likeness (QED) is 0.638. The van der Waals surface area contributed by atoms with Crippen molar-refractivity contribution in [3.05, 3.63) is 65.9 Å². The van der Waals surface area contributed by atoms with Gasteiger partial charge in [-0.25, -0.2) is 4.79 Å². The van der Waals surface area contributed by atoms with Crippen LogP contribution in [0.5, 0.6) is 11.5 Å². The number of hydrogen-bond acceptors (Lipinski definition) is 8. The van der Waals surface area contributed by atoms with Crippen LogP contribution in [0.3, 0.4) is 0 Å². The summed E-state index contributed by atoms with van der Waals surface area (Å²) in [5.74, 6) is 0.787. The molecule has 0 aliphatic carbocycles. The third-order valence-electron chi connectivity index (χ3n) is 4.08. The van der Waals surface area contributed by atoms with Crippen LogP contribution < -0.4 is 20.1 Å². The first-order valence-electron chi connectivity index (χ1n) is 8.62. The molecule has 3 aromatic rings. The molecule has 29 heavy (non-hydrogen) atoms. The van der Waals surface area contributed by atoms with Gasteiger partial charge in [-0.05, 0) is 42.5 Å². The molecule has 9 nitrogen and oxygen atoms in total. The molecule has 0 fully saturated rings. The first kappa shape index (κ1) is 18.2. The van der Waals surface area contributed by atoms with Crippen LogP contribution in [0, 0.1) is 0 Å². The van der Waals surface area contributed by atoms with Gasteiger partial charge in [0.15, 0.2) is 23.0 Å². The Hall–Kier alpha value is -4.14. The SMILES string of the molecule is COC(=O)c1cccc(Nc2ccc(C(=O)Nc3ccc4c(c3)OCO4)nn2)c1. The average molecular weight is 392 g/mol. The van der Waals surface area contributed by atoms with E-state index >= 15 is 0 Å². The third kappa shape index (κ3) is 4.08. The number of amides is 1. The fourth-order valence-electron chi connectivity index (χ4n) is 2.68. The van der Waals surface area contributed by atoms with Crippen LogP contribution in [-0.4, -0.2) is 36.0 Å². The maximum Gasteiger partial charge on any atom is 0.337 e. The van der Waals surface area contributed by atoms with E-state index in [0.717, 1.165) is 0 Å². The molecule has 2 N–H and O–H groups in total. The standard InChI is InChI=1S/C20H16N4O5/c1-27-20(26)12-3-2-4-13(9-12)21-18-8-6-15(23-24-18)19(25)22-14-5-7-16-17(10-14)29-11-28-16/h2-10H,11H2,1H3,(H,21,24)(H,22,25). The van der Waals surface area contributed by atoms with Crippen molar-refractivity contribution in [2.75, 3.05) is 24.5 Å². The number of methoxy groups -OCH3 is 1. The van der Waals surface area contributed by atoms with E-state index in [1.54, 1.807) is 54.6 Å². The number of fused-ring (bicyclic) bond motifs is 1. The van der Waals surface area contributed by atoms with Crippen LogP contribution in [-0.2, 0) is 4.74 Å². The highest BCUT2D eigenvalue weighted by Crippen LogP contribution is 2.34. The van der Waals surface area contributed by atoms with Crippen molar-refractivity contribution in [1.29, 1.82) is 0 Å². The van der Waals surface area contributed by atoms with Gasteiger partial charge in [0, 0.05) is 17.4 Å². The number of esters is 1. The van der Waals surface area contributed by atoms with Crippen molar-refractivity contribution in [2.45, 2.75) is 0 Å². The van der Waals surface area contributed by atoms with E-state index in [4.69, 9.17) is 14.2 Å². The minimum atomic E-state index is -0.435. The van der Waals surface area contributed by atoms with Crippen molar-refractivity contribution in [2.24, 2.45) is 0 Å². The maximum absolute atomic E-state index is 12.4. The van der Waals surface area contributed by atoms with Crippen LogP contribution in [0.2, 0.25) is 0 Å². The second kappa shape index (κ2) is 7.85. The van der Waals surface area contributed by atoms with Gasteiger partial charge in [-0.1, -0.05) is 6.07 Å². The lowest BCUT2D eigenvalue weighted by atomic mass is 10.2. The summed E-state index contributed by atoms with van der Waals surface area (Å²) >= 11 is 0. The second-order valence-electron chi connectivity index (χ2n) is 6.02. The molecule has 0 unspecified atom stereocenters. The van der Waals surface area contributed by atoms with Gasteiger partial charge >= 0.3 is 5.97 Å². The Bertz CT molecular complexity index is 1070. The van der Waals surface area contributed by atoms with Crippen molar-refractivity contribution in [3.8, 4) is 11.5 Å². The zero-order chi connectivity index (χ0) is 20.2. The van der Waals surface area contributed by atoms with E-state index in [9.17, 15) is 9.59 Å². The predicted octanol–water partition coefficient (Wildman–Crippen LogP) is 2.99. The minimum Gasteiger partial charge on any atom is -0.465 e. The Morgan fingerprint density at radius 1 is 0.966 bits per heavy atom. The molecule has 1 aromatic heterocycles. The molecule has 9 heteroatoms. The van der Waals surface area contributed by atoms with Crippen molar-refractivity contribution < 1.29 is 23.8 Å². The number of nitrogens with zero attached hydrogens (tertiary/aromatic N) is 2. The Morgan fingerprint density at radius 2 is 1.83 bits per heavy atom. The van der Waals surface area contributed by atoms with Crippen LogP contribution in [0.1, 0.15) is 20.8 Å². The number of ether oxygens (including phenoxy) is 3. The molecule has 0 radical (unpaired) electrons. The Morgan fingerprint density at radius 3 is 2.62 bits per heavy atom. The normalized spacial score (nSPS) is 11.6. The van der Waals surface area contributed by atoms with Crippen molar-refractivity contribution in [1.82, 2.24) is 10.2 Å². The number of benzene rings is 2. The largest absolute Gasteiger partial charge is 0.465 e. The summed E-state index contributed by atoms with van der Waals surface area (Å²) in [5.41, 5.74) is 1.75. The molecule has 1 aliphatic rings. The number of hydrogen-bond donors (Lipinski definition) is 2. The molecular formula is C20H16N4O5. The highest BCUT2D eigenvalue weighted by Gasteiger charge is 2.15. The van der Waals surface area contributed by atoms with Crippen LogP contribution >= 0.6 is 0 Å². The number of anilines is 3. The van der Waals surface area contributed by atoms with Gasteiger partial charge in [0.25, 0.3) is 5.91 Å². The zero-order valence-electron chi connectivity index (χ0n) is 15.3. The topological polar surface area (TPSA) is 112 Å². The first-order valence-corrected chi connectivity index (χ1v) is 8.62. The number of aromatic nitrogens is 2. The molecule has 1 aliphatic heterocycles. The van der Waals surface area contributed by atoms with Gasteiger partial charge < -0.3 is 24.8 Å².